The van der Waals surface area contributed by atoms with Crippen LogP contribution < -0.4 is 11.5 Å². The molecule has 0 bridgehead atoms. The molecular weight excluding hydrogens is 162 g/mol. The van der Waals surface area contributed by atoms with Crippen LogP contribution in [-0.2, 0) is 0 Å². The summed E-state index contributed by atoms with van der Waals surface area (Å²) < 4.78 is 0. The van der Waals surface area contributed by atoms with E-state index in [1.54, 1.807) is 10.8 Å². The summed E-state index contributed by atoms with van der Waals surface area (Å²) in [5, 5.41) is -0.0104. The van der Waals surface area contributed by atoms with E-state index in [-0.39, 0.29) is 11.1 Å². The first-order chi connectivity index (χ1) is 4.66. The number of hydrogen-bond acceptors (Lipinski definition) is 4. The summed E-state index contributed by atoms with van der Waals surface area (Å²) in [6, 6.07) is 0. The fraction of sp³-hybridized carbons (Fsp3) is 1.00. The van der Waals surface area contributed by atoms with Gasteiger partial charge in [-0.1, -0.05) is 21.6 Å². The molecule has 2 nitrogen and oxygen atoms in total. The summed E-state index contributed by atoms with van der Waals surface area (Å²) in [6.45, 7) is 0.484. The second-order valence-corrected chi connectivity index (χ2v) is 4.47. The number of hydrogen-bond donors (Lipinski definition) is 2. The lowest BCUT2D eigenvalue weighted by Crippen LogP contribution is -2.22. The quantitative estimate of drug-likeness (QED) is 0.424. The van der Waals surface area contributed by atoms with E-state index in [9.17, 15) is 0 Å². The average Bonchev–Trinajstić information content (AvgIpc) is 1.87. The van der Waals surface area contributed by atoms with E-state index in [4.69, 9.17) is 27.2 Å². The van der Waals surface area contributed by atoms with Crippen molar-refractivity contribution in [3.8, 4) is 0 Å². The molecule has 0 rings (SSSR count). The average molecular weight is 172 g/mol. The Bertz CT molecular complexity index is 83.7. The molecule has 0 amide bonds. The topological polar surface area (TPSA) is 52.0 Å². The lowest BCUT2D eigenvalue weighted by molar-refractivity contribution is 1.05. The second-order valence-electron chi connectivity index (χ2n) is 1.82. The van der Waals surface area contributed by atoms with Crippen LogP contribution in [0.5, 0.6) is 0 Å². The van der Waals surface area contributed by atoms with Crippen molar-refractivity contribution in [2.75, 3.05) is 12.3 Å². The van der Waals surface area contributed by atoms with Crippen LogP contribution in [-0.4, -0.2) is 39.1 Å². The van der Waals surface area contributed by atoms with Gasteiger partial charge < -0.3 is 11.5 Å². The highest BCUT2D eigenvalue weighted by Gasteiger charge is 2.00. The van der Waals surface area contributed by atoms with Gasteiger partial charge in [0, 0.05) is 5.75 Å². The molecule has 0 saturated carbocycles. The van der Waals surface area contributed by atoms with E-state index in [1.807, 2.05) is 0 Å². The van der Waals surface area contributed by atoms with Crippen molar-refractivity contribution in [2.45, 2.75) is 11.1 Å². The molecule has 0 heterocycles. The summed E-state index contributed by atoms with van der Waals surface area (Å²) in [5.74, 6) is 0.445. The molecule has 0 aliphatic carbocycles. The van der Waals surface area contributed by atoms with E-state index in [2.05, 4.69) is 0 Å². The first kappa shape index (κ1) is 10.7. The molecule has 2 unspecified atom stereocenters. The van der Waals surface area contributed by atoms with Gasteiger partial charge in [-0.25, -0.2) is 0 Å². The Morgan fingerprint density at radius 3 is 2.40 bits per heavy atom. The Morgan fingerprint density at radius 2 is 2.00 bits per heavy atom. The molecular formula is C4H10B2N2S2. The van der Waals surface area contributed by atoms with Gasteiger partial charge in [-0.15, -0.1) is 0 Å². The molecule has 0 aromatic rings. The number of rotatable bonds is 5. The van der Waals surface area contributed by atoms with Crippen LogP contribution in [0.25, 0.3) is 0 Å². The van der Waals surface area contributed by atoms with Gasteiger partial charge >= 0.3 is 0 Å². The monoisotopic (exact) mass is 172 g/mol. The predicted molar refractivity (Wildman–Crippen MR) is 52.4 cm³/mol. The fourth-order valence-corrected chi connectivity index (χ4v) is 2.20. The Hall–Kier alpha value is 0.750. The third kappa shape index (κ3) is 6.86. The van der Waals surface area contributed by atoms with Crippen molar-refractivity contribution < 1.29 is 0 Å². The predicted octanol–water partition coefficient (Wildman–Crippen LogP) is -0.726. The van der Waals surface area contributed by atoms with E-state index in [0.29, 0.717) is 12.3 Å². The second kappa shape index (κ2) is 6.46. The minimum atomic E-state index is -0.262. The Balaban J connectivity index is 3.03. The van der Waals surface area contributed by atoms with Crippen molar-refractivity contribution in [3.63, 3.8) is 0 Å². The van der Waals surface area contributed by atoms with Crippen molar-refractivity contribution in [3.05, 3.63) is 0 Å². The first-order valence-corrected chi connectivity index (χ1v) is 5.30. The summed E-state index contributed by atoms with van der Waals surface area (Å²) in [7, 11) is 13.9. The van der Waals surface area contributed by atoms with Gasteiger partial charge in [0.1, 0.15) is 0 Å². The molecule has 0 aliphatic heterocycles. The van der Waals surface area contributed by atoms with Crippen LogP contribution in [0.1, 0.15) is 0 Å². The van der Waals surface area contributed by atoms with Crippen molar-refractivity contribution in [1.29, 1.82) is 0 Å². The summed E-state index contributed by atoms with van der Waals surface area (Å²) >= 11 is 0. The largest absolute Gasteiger partial charge is 0.335 e. The highest BCUT2D eigenvalue weighted by Crippen LogP contribution is 2.24. The van der Waals surface area contributed by atoms with Gasteiger partial charge in [0.05, 0.1) is 15.7 Å². The van der Waals surface area contributed by atoms with E-state index in [1.165, 1.54) is 10.8 Å². The molecule has 10 heavy (non-hydrogen) atoms. The molecule has 4 N–H and O–H groups in total. The highest BCUT2D eigenvalue weighted by atomic mass is 33.1. The Kier molecular flexibility index (Phi) is 6.94. The molecule has 0 spiro atoms. The minimum absolute atomic E-state index is 0.0104. The van der Waals surface area contributed by atoms with Crippen LogP contribution in [0.2, 0.25) is 0 Å². The van der Waals surface area contributed by atoms with E-state index >= 15 is 0 Å². The molecule has 0 aromatic carbocycles. The zero-order valence-electron chi connectivity index (χ0n) is 5.69. The molecule has 0 aliphatic rings. The zero-order valence-corrected chi connectivity index (χ0v) is 7.33. The lowest BCUT2D eigenvalue weighted by atomic mass is 10.0. The van der Waals surface area contributed by atoms with Gasteiger partial charge in [-0.2, -0.15) is 0 Å². The molecule has 54 valence electrons. The third-order valence-corrected chi connectivity index (χ3v) is 3.34. The SMILES string of the molecule is [B]C(N)CSSC([B])CN. The molecule has 2 atom stereocenters. The zero-order chi connectivity index (χ0) is 7.98. The Morgan fingerprint density at radius 1 is 1.40 bits per heavy atom. The van der Waals surface area contributed by atoms with E-state index in [0.717, 1.165) is 0 Å². The van der Waals surface area contributed by atoms with Gasteiger partial charge in [-0.3, -0.25) is 0 Å². The maximum Gasteiger partial charge on any atom is 0.0914 e. The fourth-order valence-electron chi connectivity index (χ4n) is 0.245. The molecule has 0 aromatic heterocycles. The number of nitrogens with two attached hydrogens (primary N) is 2. The maximum absolute atomic E-state index is 5.49. The maximum atomic E-state index is 5.49. The van der Waals surface area contributed by atoms with Crippen LogP contribution in [0, 0.1) is 0 Å². The molecule has 4 radical (unpaired) electrons. The van der Waals surface area contributed by atoms with E-state index < -0.39 is 0 Å². The summed E-state index contributed by atoms with van der Waals surface area (Å²) in [4.78, 5) is 0. The third-order valence-electron chi connectivity index (χ3n) is 0.684. The summed E-state index contributed by atoms with van der Waals surface area (Å²) in [5.41, 5.74) is 10.6. The van der Waals surface area contributed by atoms with Crippen molar-refractivity contribution in [1.82, 2.24) is 0 Å². The van der Waals surface area contributed by atoms with Gasteiger partial charge in [0.2, 0.25) is 0 Å². The molecule has 6 heteroatoms. The molecule has 0 saturated heterocycles. The summed E-state index contributed by atoms with van der Waals surface area (Å²) in [6.07, 6.45) is 0. The molecule has 0 fully saturated rings. The van der Waals surface area contributed by atoms with Crippen LogP contribution in [0.3, 0.4) is 0 Å². The smallest absolute Gasteiger partial charge is 0.0914 e. The Labute approximate surface area is 72.5 Å². The minimum Gasteiger partial charge on any atom is -0.335 e. The van der Waals surface area contributed by atoms with Crippen LogP contribution in [0.4, 0.5) is 0 Å². The first-order valence-electron chi connectivity index (χ1n) is 2.92. The highest BCUT2D eigenvalue weighted by molar-refractivity contribution is 8.77. The standard InChI is InChI=1S/C4H10B2N2S2/c5-3(8)2-9-10-4(6)1-7/h3-4H,1-2,7-8H2. The van der Waals surface area contributed by atoms with Crippen LogP contribution in [0.15, 0.2) is 0 Å². The van der Waals surface area contributed by atoms with Crippen molar-refractivity contribution >= 4 is 37.3 Å². The van der Waals surface area contributed by atoms with Gasteiger partial charge in [0.15, 0.2) is 0 Å². The van der Waals surface area contributed by atoms with Gasteiger partial charge in [-0.05, 0) is 17.6 Å². The van der Waals surface area contributed by atoms with Crippen molar-refractivity contribution in [2.24, 2.45) is 11.5 Å². The normalized spacial score (nSPS) is 16.6. The lowest BCUT2D eigenvalue weighted by Gasteiger charge is -2.08. The van der Waals surface area contributed by atoms with Gasteiger partial charge in [0.25, 0.3) is 0 Å². The van der Waals surface area contributed by atoms with Crippen LogP contribution >= 0.6 is 21.6 Å².